The van der Waals surface area contributed by atoms with Crippen molar-refractivity contribution in [2.24, 2.45) is 10.8 Å². The van der Waals surface area contributed by atoms with Gasteiger partial charge >= 0.3 is 6.01 Å². The van der Waals surface area contributed by atoms with E-state index < -0.39 is 11.1 Å². The lowest BCUT2D eigenvalue weighted by molar-refractivity contribution is -0.211. The van der Waals surface area contributed by atoms with Gasteiger partial charge in [0.2, 0.25) is 11.8 Å². The van der Waals surface area contributed by atoms with Crippen molar-refractivity contribution in [2.75, 3.05) is 18.1 Å². The zero-order chi connectivity index (χ0) is 28.5. The molecule has 2 aromatic heterocycles. The Morgan fingerprint density at radius 2 is 1.73 bits per heavy atom. The zero-order valence-corrected chi connectivity index (χ0v) is 24.2. The second-order valence-corrected chi connectivity index (χ2v) is 13.5. The molecule has 41 heavy (non-hydrogen) atoms. The van der Waals surface area contributed by atoms with E-state index in [0.29, 0.717) is 44.3 Å². The van der Waals surface area contributed by atoms with Crippen molar-refractivity contribution in [3.05, 3.63) is 48.4 Å². The van der Waals surface area contributed by atoms with Crippen molar-refractivity contribution in [1.82, 2.24) is 20.1 Å². The van der Waals surface area contributed by atoms with Crippen LogP contribution in [0.1, 0.15) is 96.2 Å². The normalized spacial score (nSPS) is 31.4. The number of nitrogens with zero attached hydrogens (tertiary/aromatic N) is 5. The van der Waals surface area contributed by atoms with E-state index >= 15 is 0 Å². The van der Waals surface area contributed by atoms with Gasteiger partial charge in [-0.3, -0.25) is 4.79 Å². The lowest BCUT2D eigenvalue weighted by Gasteiger charge is -2.65. The van der Waals surface area contributed by atoms with Crippen molar-refractivity contribution < 1.29 is 18.4 Å². The number of carbonyl (C=O) groups is 1. The summed E-state index contributed by atoms with van der Waals surface area (Å²) in [5.74, 6) is 1.85. The predicted octanol–water partition coefficient (Wildman–Crippen LogP) is 6.57. The maximum atomic E-state index is 14.6. The van der Waals surface area contributed by atoms with Gasteiger partial charge in [-0.2, -0.15) is 4.98 Å². The molecule has 1 aromatic carbocycles. The maximum absolute atomic E-state index is 14.6. The van der Waals surface area contributed by atoms with Gasteiger partial charge in [-0.05, 0) is 87.8 Å². The Hall–Kier alpha value is -3.36. The van der Waals surface area contributed by atoms with Gasteiger partial charge in [0.25, 0.3) is 0 Å². The Morgan fingerprint density at radius 1 is 1.05 bits per heavy atom. The van der Waals surface area contributed by atoms with Crippen molar-refractivity contribution in [3.8, 4) is 17.1 Å². The van der Waals surface area contributed by atoms with E-state index in [-0.39, 0.29) is 22.7 Å². The third-order valence-corrected chi connectivity index (χ3v) is 10.4. The number of aromatic nitrogens is 4. The molecule has 0 spiro atoms. The van der Waals surface area contributed by atoms with Crippen LogP contribution < -0.4 is 9.64 Å². The number of ether oxygens (including phenoxy) is 1. The van der Waals surface area contributed by atoms with Crippen LogP contribution in [0.4, 0.5) is 10.1 Å². The second-order valence-electron chi connectivity index (χ2n) is 13.5. The summed E-state index contributed by atoms with van der Waals surface area (Å²) < 4.78 is 25.5. The molecule has 2 heterocycles. The van der Waals surface area contributed by atoms with Gasteiger partial charge in [0.15, 0.2) is 5.82 Å². The van der Waals surface area contributed by atoms with E-state index in [1.54, 1.807) is 12.4 Å². The number of rotatable bonds is 9. The molecule has 0 N–H and O–H groups in total. The fourth-order valence-electron chi connectivity index (χ4n) is 7.84. The van der Waals surface area contributed by atoms with Crippen molar-refractivity contribution in [3.63, 3.8) is 0 Å². The molecule has 8 nitrogen and oxygen atoms in total. The Morgan fingerprint density at radius 3 is 2.32 bits per heavy atom. The van der Waals surface area contributed by atoms with E-state index in [1.807, 2.05) is 36.1 Å². The van der Waals surface area contributed by atoms with Crippen molar-refractivity contribution in [1.29, 1.82) is 0 Å². The summed E-state index contributed by atoms with van der Waals surface area (Å²) in [5.41, 5.74) is 0.965. The van der Waals surface area contributed by atoms with Crippen LogP contribution in [-0.2, 0) is 10.2 Å². The zero-order valence-electron chi connectivity index (χ0n) is 24.2. The number of halogens is 1. The van der Waals surface area contributed by atoms with E-state index in [0.717, 1.165) is 61.2 Å². The van der Waals surface area contributed by atoms with Crippen LogP contribution in [0.2, 0.25) is 0 Å². The van der Waals surface area contributed by atoms with Gasteiger partial charge in [-0.15, -0.1) is 0 Å². The summed E-state index contributed by atoms with van der Waals surface area (Å²) in [4.78, 5) is 29.6. The number of carbonyl (C=O) groups excluding carboxylic acids is 1. The number of hydrogen-bond acceptors (Lipinski definition) is 7. The van der Waals surface area contributed by atoms with E-state index in [1.165, 1.54) is 0 Å². The first kappa shape index (κ1) is 26.5. The van der Waals surface area contributed by atoms with Crippen LogP contribution in [0.15, 0.2) is 41.2 Å². The van der Waals surface area contributed by atoms with Crippen LogP contribution in [0.5, 0.6) is 6.01 Å². The molecule has 216 valence electrons. The number of amides is 1. The fraction of sp³-hybridized carbons (Fsp3) is 0.594. The van der Waals surface area contributed by atoms with Crippen LogP contribution in [0.25, 0.3) is 11.1 Å². The third-order valence-electron chi connectivity index (χ3n) is 10.4. The second kappa shape index (κ2) is 9.33. The van der Waals surface area contributed by atoms with Crippen LogP contribution in [-0.4, -0.2) is 44.8 Å². The van der Waals surface area contributed by atoms with E-state index in [9.17, 15) is 9.18 Å². The molecule has 0 saturated heterocycles. The van der Waals surface area contributed by atoms with Gasteiger partial charge in [-0.25, -0.2) is 14.4 Å². The first-order valence-corrected chi connectivity index (χ1v) is 15.1. The molecule has 6 fully saturated rings. The smallest absolute Gasteiger partial charge is 0.316 e. The Bertz CT molecular complexity index is 1420. The fourth-order valence-corrected chi connectivity index (χ4v) is 7.84. The summed E-state index contributed by atoms with van der Waals surface area (Å²) >= 11 is 0. The van der Waals surface area contributed by atoms with Crippen LogP contribution >= 0.6 is 0 Å². The number of benzene rings is 1. The average Bonchev–Trinajstić information content (AvgIpc) is 3.47. The minimum Gasteiger partial charge on any atom is -0.464 e. The van der Waals surface area contributed by atoms with Gasteiger partial charge in [0.05, 0.1) is 12.0 Å². The molecule has 9 heteroatoms. The minimum atomic E-state index is -1.13. The third kappa shape index (κ3) is 4.34. The number of hydrogen-bond donors (Lipinski definition) is 0. The number of alkyl halides is 1. The molecule has 6 saturated carbocycles. The molecule has 0 unspecified atom stereocenters. The molecule has 6 aliphatic carbocycles. The van der Waals surface area contributed by atoms with Gasteiger partial charge < -0.3 is 14.2 Å². The van der Waals surface area contributed by atoms with Crippen LogP contribution in [0.3, 0.4) is 0 Å². The molecule has 6 aliphatic rings. The molecule has 9 rings (SSSR count). The SMILES string of the molecule is CCOc1ncc(-c2cccc(N(CC34CCC(c5noc(C(C)C)n5)(CC3)CC4)C(=O)C34CC(F)(C3)C4)c2)cn1. The Kier molecular flexibility index (Phi) is 6.04. The molecule has 0 aliphatic heterocycles. The summed E-state index contributed by atoms with van der Waals surface area (Å²) in [7, 11) is 0. The highest BCUT2D eigenvalue weighted by Gasteiger charge is 2.73. The summed E-state index contributed by atoms with van der Waals surface area (Å²) in [6.07, 6.45) is 10.6. The molecular formula is C32H38FN5O3. The van der Waals surface area contributed by atoms with Crippen molar-refractivity contribution in [2.45, 2.75) is 95.6 Å². The molecule has 0 atom stereocenters. The first-order chi connectivity index (χ1) is 19.7. The average molecular weight is 560 g/mol. The number of anilines is 1. The minimum absolute atomic E-state index is 0.0250. The molecular weight excluding hydrogens is 521 g/mol. The Labute approximate surface area is 240 Å². The molecule has 1 amide bonds. The van der Waals surface area contributed by atoms with Crippen LogP contribution in [0, 0.1) is 10.8 Å². The van der Waals surface area contributed by atoms with Crippen molar-refractivity contribution >= 4 is 11.6 Å². The summed E-state index contributed by atoms with van der Waals surface area (Å²) in [6.45, 7) is 7.19. The van der Waals surface area contributed by atoms with Gasteiger partial charge in [-0.1, -0.05) is 31.1 Å². The van der Waals surface area contributed by atoms with E-state index in [2.05, 4.69) is 29.0 Å². The maximum Gasteiger partial charge on any atom is 0.316 e. The lowest BCUT2D eigenvalue weighted by atomic mass is 9.41. The monoisotopic (exact) mass is 559 g/mol. The highest BCUT2D eigenvalue weighted by Crippen LogP contribution is 2.70. The molecule has 0 radical (unpaired) electrons. The first-order valence-electron chi connectivity index (χ1n) is 15.1. The number of fused-ring (bicyclic) bond motifs is 3. The lowest BCUT2D eigenvalue weighted by Crippen LogP contribution is -2.71. The van der Waals surface area contributed by atoms with Gasteiger partial charge in [0.1, 0.15) is 5.67 Å². The molecule has 4 bridgehead atoms. The highest BCUT2D eigenvalue weighted by atomic mass is 19.1. The Balaban J connectivity index is 1.15. The highest BCUT2D eigenvalue weighted by molar-refractivity contribution is 6.00. The standard InChI is InChI=1S/C32H38FN5O3/c1-4-40-28-34-15-23(16-35-28)22-6-5-7-24(14-22)38(27(39)31-17-32(33,18-31)19-31)20-29-8-11-30(12-9-29,13-10-29)26-36-25(21(2)3)41-37-26/h5-7,14-16,21H,4,8-13,17-20H2,1-3H3. The predicted molar refractivity (Wildman–Crippen MR) is 151 cm³/mol. The largest absolute Gasteiger partial charge is 0.464 e. The van der Waals surface area contributed by atoms with E-state index in [4.69, 9.17) is 14.2 Å². The topological polar surface area (TPSA) is 94.2 Å². The summed E-state index contributed by atoms with van der Waals surface area (Å²) in [6, 6.07) is 8.39. The quantitative estimate of drug-likeness (QED) is 0.293. The summed E-state index contributed by atoms with van der Waals surface area (Å²) in [5, 5.41) is 4.40. The molecule has 3 aromatic rings. The van der Waals surface area contributed by atoms with Gasteiger partial charge in [0, 0.05) is 41.5 Å².